The number of thiophene rings is 1. The molecule has 0 aliphatic carbocycles. The second-order valence-electron chi connectivity index (χ2n) is 4.42. The molecule has 0 aliphatic rings. The molecule has 110 valence electrons. The fourth-order valence-corrected chi connectivity index (χ4v) is 3.67. The first-order chi connectivity index (χ1) is 9.53. The second kappa shape index (κ2) is 6.49. The number of rotatable bonds is 7. The van der Waals surface area contributed by atoms with Gasteiger partial charge in [-0.3, -0.25) is 4.68 Å². The first-order valence-corrected chi connectivity index (χ1v) is 8.63. The van der Waals surface area contributed by atoms with Gasteiger partial charge in [0, 0.05) is 25.4 Å². The Morgan fingerprint density at radius 3 is 3.00 bits per heavy atom. The summed E-state index contributed by atoms with van der Waals surface area (Å²) in [6, 6.07) is 1.61. The molecule has 2 N–H and O–H groups in total. The van der Waals surface area contributed by atoms with Gasteiger partial charge < -0.3 is 5.11 Å². The maximum Gasteiger partial charge on any atom is 0.244 e. The van der Waals surface area contributed by atoms with Gasteiger partial charge in [-0.15, -0.1) is 0 Å². The Bertz CT molecular complexity index is 635. The average molecular weight is 315 g/mol. The van der Waals surface area contributed by atoms with E-state index >= 15 is 0 Å². The van der Waals surface area contributed by atoms with Crippen molar-refractivity contribution < 1.29 is 13.5 Å². The molecule has 2 rings (SSSR count). The van der Waals surface area contributed by atoms with Crippen molar-refractivity contribution in [3.05, 3.63) is 34.8 Å². The third-order valence-electron chi connectivity index (χ3n) is 2.84. The van der Waals surface area contributed by atoms with E-state index in [1.54, 1.807) is 6.92 Å². The number of hydrogen-bond donors (Lipinski definition) is 2. The standard InChI is InChI=1S/C12H17N3O3S2/c1-10(11-3-6-19-9-11)14-20(17,18)12-7-13-15(8-12)4-2-5-16/h3,6-10,14,16H,2,4-5H2,1H3. The molecule has 0 aromatic carbocycles. The third kappa shape index (κ3) is 3.66. The second-order valence-corrected chi connectivity index (χ2v) is 6.91. The van der Waals surface area contributed by atoms with E-state index in [-0.39, 0.29) is 17.5 Å². The minimum atomic E-state index is -3.58. The number of nitrogens with zero attached hydrogens (tertiary/aromatic N) is 2. The smallest absolute Gasteiger partial charge is 0.244 e. The molecule has 20 heavy (non-hydrogen) atoms. The molecule has 0 bridgehead atoms. The van der Waals surface area contributed by atoms with E-state index in [9.17, 15) is 8.42 Å². The fraction of sp³-hybridized carbons (Fsp3) is 0.417. The van der Waals surface area contributed by atoms with Gasteiger partial charge in [-0.1, -0.05) is 0 Å². The lowest BCUT2D eigenvalue weighted by atomic mass is 10.2. The normalized spacial score (nSPS) is 13.5. The van der Waals surface area contributed by atoms with Gasteiger partial charge in [-0.25, -0.2) is 13.1 Å². The molecule has 0 saturated carbocycles. The van der Waals surface area contributed by atoms with Gasteiger partial charge in [0.25, 0.3) is 0 Å². The van der Waals surface area contributed by atoms with Gasteiger partial charge in [0.2, 0.25) is 10.0 Å². The highest BCUT2D eigenvalue weighted by Crippen LogP contribution is 2.18. The first-order valence-electron chi connectivity index (χ1n) is 6.20. The summed E-state index contributed by atoms with van der Waals surface area (Å²) in [5.74, 6) is 0. The highest BCUT2D eigenvalue weighted by atomic mass is 32.2. The van der Waals surface area contributed by atoms with Crippen molar-refractivity contribution >= 4 is 21.4 Å². The molecule has 2 aromatic heterocycles. The molecule has 1 unspecified atom stereocenters. The van der Waals surface area contributed by atoms with Crippen molar-refractivity contribution in [2.45, 2.75) is 30.8 Å². The lowest BCUT2D eigenvalue weighted by Crippen LogP contribution is -2.26. The predicted octanol–water partition coefficient (Wildman–Crippen LogP) is 1.37. The summed E-state index contributed by atoms with van der Waals surface area (Å²) in [6.07, 6.45) is 3.33. The number of aliphatic hydroxyl groups excluding tert-OH is 1. The predicted molar refractivity (Wildman–Crippen MR) is 77.0 cm³/mol. The topological polar surface area (TPSA) is 84.2 Å². The third-order valence-corrected chi connectivity index (χ3v) is 5.04. The van der Waals surface area contributed by atoms with Crippen LogP contribution in [0.5, 0.6) is 0 Å². The number of aliphatic hydroxyl groups is 1. The minimum Gasteiger partial charge on any atom is -0.396 e. The van der Waals surface area contributed by atoms with E-state index in [2.05, 4.69) is 9.82 Å². The quantitative estimate of drug-likeness (QED) is 0.808. The van der Waals surface area contributed by atoms with Crippen LogP contribution in [0, 0.1) is 0 Å². The minimum absolute atomic E-state index is 0.0510. The molecular weight excluding hydrogens is 298 g/mol. The molecule has 0 radical (unpaired) electrons. The number of hydrogen-bond acceptors (Lipinski definition) is 5. The summed E-state index contributed by atoms with van der Waals surface area (Å²) < 4.78 is 28.6. The fourth-order valence-electron chi connectivity index (χ4n) is 1.73. The zero-order chi connectivity index (χ0) is 14.6. The Hall–Kier alpha value is -1.22. The largest absolute Gasteiger partial charge is 0.396 e. The van der Waals surface area contributed by atoms with Crippen LogP contribution in [0.25, 0.3) is 0 Å². The maximum atomic E-state index is 12.2. The molecule has 0 aliphatic heterocycles. The summed E-state index contributed by atoms with van der Waals surface area (Å²) in [5, 5.41) is 16.6. The number of aryl methyl sites for hydroxylation is 1. The van der Waals surface area contributed by atoms with E-state index < -0.39 is 10.0 Å². The van der Waals surface area contributed by atoms with Crippen LogP contribution in [0.4, 0.5) is 0 Å². The van der Waals surface area contributed by atoms with Crippen LogP contribution in [0.1, 0.15) is 24.9 Å². The molecule has 8 heteroatoms. The van der Waals surface area contributed by atoms with Crippen LogP contribution >= 0.6 is 11.3 Å². The van der Waals surface area contributed by atoms with Crippen LogP contribution in [0.3, 0.4) is 0 Å². The lowest BCUT2D eigenvalue weighted by molar-refractivity contribution is 0.277. The van der Waals surface area contributed by atoms with Crippen LogP contribution in [0.15, 0.2) is 34.1 Å². The van der Waals surface area contributed by atoms with Crippen molar-refractivity contribution in [2.75, 3.05) is 6.61 Å². The number of nitrogens with one attached hydrogen (secondary N) is 1. The molecular formula is C12H17N3O3S2. The summed E-state index contributed by atoms with van der Waals surface area (Å²) in [6.45, 7) is 2.34. The molecule has 2 aromatic rings. The van der Waals surface area contributed by atoms with E-state index in [1.807, 2.05) is 16.8 Å². The van der Waals surface area contributed by atoms with Crippen LogP contribution < -0.4 is 4.72 Å². The van der Waals surface area contributed by atoms with E-state index in [0.717, 1.165) is 5.56 Å². The first kappa shape index (κ1) is 15.2. The monoisotopic (exact) mass is 315 g/mol. The molecule has 2 heterocycles. The molecule has 6 nitrogen and oxygen atoms in total. The zero-order valence-corrected chi connectivity index (χ0v) is 12.7. The van der Waals surface area contributed by atoms with Crippen molar-refractivity contribution in [1.82, 2.24) is 14.5 Å². The van der Waals surface area contributed by atoms with Gasteiger partial charge in [0.15, 0.2) is 0 Å². The highest BCUT2D eigenvalue weighted by Gasteiger charge is 2.20. The van der Waals surface area contributed by atoms with Crippen molar-refractivity contribution in [3.8, 4) is 0 Å². The maximum absolute atomic E-state index is 12.2. The van der Waals surface area contributed by atoms with E-state index in [1.165, 1.54) is 28.4 Å². The lowest BCUT2D eigenvalue weighted by Gasteiger charge is -2.11. The molecule has 0 fully saturated rings. The van der Waals surface area contributed by atoms with Gasteiger partial charge in [0.1, 0.15) is 4.90 Å². The average Bonchev–Trinajstić information content (AvgIpc) is 3.07. The summed E-state index contributed by atoms with van der Waals surface area (Å²) in [5.41, 5.74) is 0.936. The number of sulfonamides is 1. The Kier molecular flexibility index (Phi) is 4.92. The van der Waals surface area contributed by atoms with Gasteiger partial charge in [0.05, 0.1) is 6.20 Å². The Morgan fingerprint density at radius 1 is 1.55 bits per heavy atom. The molecule has 0 saturated heterocycles. The zero-order valence-electron chi connectivity index (χ0n) is 11.1. The van der Waals surface area contributed by atoms with Gasteiger partial charge in [-0.2, -0.15) is 16.4 Å². The van der Waals surface area contributed by atoms with Crippen LogP contribution in [0.2, 0.25) is 0 Å². The van der Waals surface area contributed by atoms with Crippen molar-refractivity contribution in [1.29, 1.82) is 0 Å². The van der Waals surface area contributed by atoms with E-state index in [4.69, 9.17) is 5.11 Å². The molecule has 1 atom stereocenters. The van der Waals surface area contributed by atoms with Gasteiger partial charge in [-0.05, 0) is 35.7 Å². The Labute approximate surface area is 122 Å². The van der Waals surface area contributed by atoms with E-state index in [0.29, 0.717) is 13.0 Å². The molecule has 0 amide bonds. The van der Waals surface area contributed by atoms with Crippen LogP contribution in [-0.2, 0) is 16.6 Å². The van der Waals surface area contributed by atoms with Gasteiger partial charge >= 0.3 is 0 Å². The highest BCUT2D eigenvalue weighted by molar-refractivity contribution is 7.89. The van der Waals surface area contributed by atoms with Crippen LogP contribution in [-0.4, -0.2) is 29.9 Å². The number of aromatic nitrogens is 2. The summed E-state index contributed by atoms with van der Waals surface area (Å²) in [7, 11) is -3.58. The Morgan fingerprint density at radius 2 is 2.35 bits per heavy atom. The SMILES string of the molecule is CC(NS(=O)(=O)c1cnn(CCCO)c1)c1ccsc1. The summed E-state index contributed by atoms with van der Waals surface area (Å²) in [4.78, 5) is 0.137. The molecule has 0 spiro atoms. The Balaban J connectivity index is 2.08. The summed E-state index contributed by atoms with van der Waals surface area (Å²) >= 11 is 1.53. The van der Waals surface area contributed by atoms with Crippen molar-refractivity contribution in [2.24, 2.45) is 0 Å². The van der Waals surface area contributed by atoms with Crippen molar-refractivity contribution in [3.63, 3.8) is 0 Å².